The predicted molar refractivity (Wildman–Crippen MR) is 70.7 cm³/mol. The number of carbonyl (C=O) groups is 3. The molecule has 1 aliphatic carbocycles. The fourth-order valence-corrected chi connectivity index (χ4v) is 1.68. The second-order valence-electron chi connectivity index (χ2n) is 4.20. The van der Waals surface area contributed by atoms with Gasteiger partial charge >= 0.3 is 23.5 Å². The van der Waals surface area contributed by atoms with E-state index in [1.807, 2.05) is 0 Å². The third-order valence-corrected chi connectivity index (χ3v) is 2.51. The molecule has 2 atom stereocenters. The summed E-state index contributed by atoms with van der Waals surface area (Å²) in [4.78, 5) is 32.8. The summed E-state index contributed by atoms with van der Waals surface area (Å²) in [5.41, 5.74) is 0.199. The van der Waals surface area contributed by atoms with Crippen LogP contribution < -0.4 is 0 Å². The number of hydrogen-bond donors (Lipinski definition) is 2. The van der Waals surface area contributed by atoms with E-state index < -0.39 is 28.8 Å². The molecule has 0 radical (unpaired) electrons. The van der Waals surface area contributed by atoms with E-state index in [0.29, 0.717) is 0 Å². The van der Waals surface area contributed by atoms with Crippen LogP contribution in [0, 0.1) is 0 Å². The largest absolute Gasteiger partial charge is 0.422 e. The standard InChI is InChI=1S/C13H13ClO7/c1-8(15)20-12(18)6-5-10(3-4-11(14)17)7-13(12,19)21-9(2)16/h3-7,18-19H,1-2H3. The number of aliphatic hydroxyl groups is 2. The van der Waals surface area contributed by atoms with Gasteiger partial charge in [-0.15, -0.1) is 0 Å². The summed E-state index contributed by atoms with van der Waals surface area (Å²) < 4.78 is 9.25. The molecule has 1 aliphatic rings. The Morgan fingerprint density at radius 2 is 1.67 bits per heavy atom. The number of allylic oxidation sites excluding steroid dienone is 4. The second kappa shape index (κ2) is 6.21. The van der Waals surface area contributed by atoms with E-state index in [-0.39, 0.29) is 5.57 Å². The second-order valence-corrected chi connectivity index (χ2v) is 4.57. The van der Waals surface area contributed by atoms with Gasteiger partial charge in [0.25, 0.3) is 0 Å². The van der Waals surface area contributed by atoms with Crippen LogP contribution in [0.3, 0.4) is 0 Å². The third kappa shape index (κ3) is 4.25. The van der Waals surface area contributed by atoms with Crippen molar-refractivity contribution in [1.29, 1.82) is 0 Å². The van der Waals surface area contributed by atoms with Crippen molar-refractivity contribution < 1.29 is 34.1 Å². The Labute approximate surface area is 125 Å². The number of hydrogen-bond acceptors (Lipinski definition) is 7. The van der Waals surface area contributed by atoms with E-state index in [1.54, 1.807) is 0 Å². The molecule has 0 saturated heterocycles. The molecule has 0 heterocycles. The fraction of sp³-hybridized carbons (Fsp3) is 0.308. The lowest BCUT2D eigenvalue weighted by atomic mass is 9.95. The molecule has 0 aromatic rings. The number of esters is 2. The minimum absolute atomic E-state index is 0.199. The minimum atomic E-state index is -2.64. The number of rotatable bonds is 4. The summed E-state index contributed by atoms with van der Waals surface area (Å²) in [6.07, 6.45) is 5.27. The van der Waals surface area contributed by atoms with E-state index in [1.165, 1.54) is 12.2 Å². The van der Waals surface area contributed by atoms with Crippen molar-refractivity contribution in [3.8, 4) is 0 Å². The van der Waals surface area contributed by atoms with Gasteiger partial charge in [0, 0.05) is 19.9 Å². The molecule has 0 amide bonds. The predicted octanol–water partition coefficient (Wildman–Crippen LogP) is 0.308. The average Bonchev–Trinajstić information content (AvgIpc) is 2.29. The Balaban J connectivity index is 3.22. The summed E-state index contributed by atoms with van der Waals surface area (Å²) in [6.45, 7) is 2.00. The van der Waals surface area contributed by atoms with Crippen LogP contribution in [0.4, 0.5) is 0 Å². The van der Waals surface area contributed by atoms with Crippen LogP contribution in [0.2, 0.25) is 0 Å². The summed E-state index contributed by atoms with van der Waals surface area (Å²) in [6, 6.07) is 0. The summed E-state index contributed by atoms with van der Waals surface area (Å²) in [7, 11) is 0. The lowest BCUT2D eigenvalue weighted by Crippen LogP contribution is -2.58. The number of carbonyl (C=O) groups excluding carboxylic acids is 3. The van der Waals surface area contributed by atoms with E-state index in [4.69, 9.17) is 11.6 Å². The molecule has 0 fully saturated rings. The molecule has 1 rings (SSSR count). The van der Waals surface area contributed by atoms with Gasteiger partial charge in [-0.2, -0.15) is 0 Å². The normalized spacial score (nSPS) is 28.1. The molecule has 8 heteroatoms. The molecule has 0 bridgehead atoms. The highest BCUT2D eigenvalue weighted by Crippen LogP contribution is 2.34. The molecule has 0 aromatic carbocycles. The Morgan fingerprint density at radius 3 is 2.14 bits per heavy atom. The zero-order chi connectivity index (χ0) is 16.3. The molecule has 114 valence electrons. The molecular weight excluding hydrogens is 304 g/mol. The number of halogens is 1. The van der Waals surface area contributed by atoms with Crippen molar-refractivity contribution in [2.75, 3.05) is 0 Å². The molecule has 7 nitrogen and oxygen atoms in total. The van der Waals surface area contributed by atoms with Crippen molar-refractivity contribution in [2.24, 2.45) is 0 Å². The Hall–Kier alpha value is -1.96. The zero-order valence-corrected chi connectivity index (χ0v) is 12.0. The van der Waals surface area contributed by atoms with Crippen molar-refractivity contribution in [3.63, 3.8) is 0 Å². The molecule has 0 saturated carbocycles. The molecule has 0 aliphatic heterocycles. The summed E-state index contributed by atoms with van der Waals surface area (Å²) in [5.74, 6) is -7.07. The summed E-state index contributed by atoms with van der Waals surface area (Å²) in [5, 5.41) is 19.7. The molecular formula is C13H13ClO7. The Kier molecular flexibility index (Phi) is 5.06. The first-order valence-electron chi connectivity index (χ1n) is 5.71. The number of ether oxygens (including phenoxy) is 2. The van der Waals surface area contributed by atoms with Gasteiger partial charge in [0.1, 0.15) is 0 Å². The Morgan fingerprint density at radius 1 is 1.14 bits per heavy atom. The lowest BCUT2D eigenvalue weighted by molar-refractivity contribution is -0.318. The van der Waals surface area contributed by atoms with E-state index >= 15 is 0 Å². The molecule has 2 unspecified atom stereocenters. The van der Waals surface area contributed by atoms with Crippen LogP contribution in [-0.2, 0) is 23.9 Å². The Bertz CT molecular complexity index is 563. The van der Waals surface area contributed by atoms with Gasteiger partial charge in [0.15, 0.2) is 0 Å². The van der Waals surface area contributed by atoms with Crippen LogP contribution in [0.5, 0.6) is 0 Å². The molecule has 21 heavy (non-hydrogen) atoms. The van der Waals surface area contributed by atoms with Gasteiger partial charge in [-0.25, -0.2) is 0 Å². The third-order valence-electron chi connectivity index (χ3n) is 2.38. The van der Waals surface area contributed by atoms with Crippen molar-refractivity contribution >= 4 is 28.8 Å². The van der Waals surface area contributed by atoms with Crippen molar-refractivity contribution in [2.45, 2.75) is 25.4 Å². The van der Waals surface area contributed by atoms with Crippen LogP contribution in [0.25, 0.3) is 0 Å². The topological polar surface area (TPSA) is 110 Å². The quantitative estimate of drug-likeness (QED) is 0.332. The maximum absolute atomic E-state index is 11.1. The maximum Gasteiger partial charge on any atom is 0.305 e. The van der Waals surface area contributed by atoms with Crippen molar-refractivity contribution in [1.82, 2.24) is 0 Å². The van der Waals surface area contributed by atoms with Crippen LogP contribution in [-0.4, -0.2) is 39.0 Å². The molecule has 0 aromatic heterocycles. The van der Waals surface area contributed by atoms with Gasteiger partial charge < -0.3 is 19.7 Å². The summed E-state index contributed by atoms with van der Waals surface area (Å²) >= 11 is 5.13. The lowest BCUT2D eigenvalue weighted by Gasteiger charge is -2.38. The van der Waals surface area contributed by atoms with E-state index in [0.717, 1.165) is 32.1 Å². The van der Waals surface area contributed by atoms with Gasteiger partial charge in [-0.05, 0) is 29.3 Å². The van der Waals surface area contributed by atoms with Gasteiger partial charge in [-0.1, -0.05) is 12.2 Å². The minimum Gasteiger partial charge on any atom is -0.422 e. The first-order chi connectivity index (χ1) is 9.58. The van der Waals surface area contributed by atoms with Crippen LogP contribution in [0.1, 0.15) is 13.8 Å². The fourth-order valence-electron chi connectivity index (χ4n) is 1.62. The van der Waals surface area contributed by atoms with Crippen LogP contribution in [0.15, 0.2) is 36.0 Å². The smallest absolute Gasteiger partial charge is 0.305 e. The van der Waals surface area contributed by atoms with Gasteiger partial charge in [0.05, 0.1) is 0 Å². The molecule has 0 spiro atoms. The first kappa shape index (κ1) is 17.1. The highest BCUT2D eigenvalue weighted by Gasteiger charge is 2.54. The highest BCUT2D eigenvalue weighted by atomic mass is 35.5. The molecule has 2 N–H and O–H groups in total. The monoisotopic (exact) mass is 316 g/mol. The van der Waals surface area contributed by atoms with E-state index in [2.05, 4.69) is 9.47 Å². The maximum atomic E-state index is 11.1. The van der Waals surface area contributed by atoms with E-state index in [9.17, 15) is 24.6 Å². The van der Waals surface area contributed by atoms with Crippen molar-refractivity contribution in [3.05, 3.63) is 36.0 Å². The first-order valence-corrected chi connectivity index (χ1v) is 6.09. The van der Waals surface area contributed by atoms with Gasteiger partial charge in [-0.3, -0.25) is 14.4 Å². The highest BCUT2D eigenvalue weighted by molar-refractivity contribution is 6.66. The average molecular weight is 317 g/mol. The van der Waals surface area contributed by atoms with Crippen LogP contribution >= 0.6 is 11.6 Å². The van der Waals surface area contributed by atoms with Gasteiger partial charge in [0.2, 0.25) is 5.24 Å². The SMILES string of the molecule is CC(=O)OC1(O)C=CC(C=CC(=O)Cl)=CC1(O)OC(C)=O. The zero-order valence-electron chi connectivity index (χ0n) is 11.2.